The fraction of sp³-hybridized carbons (Fsp3) is 0.615. The number of hydrogen-bond donors (Lipinski definition) is 1. The van der Waals surface area contributed by atoms with Gasteiger partial charge >= 0.3 is 0 Å². The molecule has 0 unspecified atom stereocenters. The molecule has 0 amide bonds. The lowest BCUT2D eigenvalue weighted by Gasteiger charge is -2.33. The van der Waals surface area contributed by atoms with Crippen molar-refractivity contribution in [1.82, 2.24) is 9.88 Å². The minimum atomic E-state index is 0.924. The first-order chi connectivity index (χ1) is 8.29. The highest BCUT2D eigenvalue weighted by Gasteiger charge is 2.13. The molecule has 1 aromatic rings. The summed E-state index contributed by atoms with van der Waals surface area (Å²) in [5.41, 5.74) is 1.22. The van der Waals surface area contributed by atoms with E-state index >= 15 is 0 Å². The molecule has 1 fully saturated rings. The van der Waals surface area contributed by atoms with Crippen LogP contribution in [0.25, 0.3) is 0 Å². The number of piperazine rings is 1. The zero-order valence-electron chi connectivity index (χ0n) is 11.4. The minimum absolute atomic E-state index is 0.924. The normalized spacial score (nSPS) is 16.1. The summed E-state index contributed by atoms with van der Waals surface area (Å²) in [5.74, 6) is 0.924. The molecule has 4 heteroatoms. The molecule has 0 radical (unpaired) electrons. The van der Waals surface area contributed by atoms with Crippen molar-refractivity contribution >= 4 is 11.5 Å². The molecule has 0 saturated carbocycles. The van der Waals surface area contributed by atoms with Gasteiger partial charge in [0, 0.05) is 33.2 Å². The van der Waals surface area contributed by atoms with E-state index in [0.29, 0.717) is 0 Å². The molecule has 1 saturated heterocycles. The van der Waals surface area contributed by atoms with Crippen molar-refractivity contribution in [2.45, 2.75) is 13.8 Å². The van der Waals surface area contributed by atoms with E-state index in [1.54, 1.807) is 0 Å². The number of nitrogens with zero attached hydrogens (tertiary/aromatic N) is 3. The highest BCUT2D eigenvalue weighted by molar-refractivity contribution is 5.49. The number of aromatic nitrogens is 1. The molecule has 17 heavy (non-hydrogen) atoms. The molecule has 4 nitrogen and oxygen atoms in total. The Morgan fingerprint density at radius 1 is 1.12 bits per heavy atom. The second-order valence-corrected chi connectivity index (χ2v) is 3.94. The smallest absolute Gasteiger partial charge is 0.125 e. The molecule has 1 aliphatic rings. The van der Waals surface area contributed by atoms with Gasteiger partial charge in [-0.15, -0.1) is 0 Å². The van der Waals surface area contributed by atoms with Gasteiger partial charge in [-0.05, 0) is 19.2 Å². The van der Waals surface area contributed by atoms with Gasteiger partial charge in [0.2, 0.25) is 0 Å². The Morgan fingerprint density at radius 3 is 2.24 bits per heavy atom. The number of pyridine rings is 1. The van der Waals surface area contributed by atoms with Crippen molar-refractivity contribution in [1.29, 1.82) is 0 Å². The monoisotopic (exact) mass is 236 g/mol. The SMILES string of the molecule is CC.CNc1ccc(N2CCN(C)CC2)cn1. The van der Waals surface area contributed by atoms with Crippen LogP contribution < -0.4 is 10.2 Å². The third-order valence-electron chi connectivity index (χ3n) is 2.87. The number of hydrogen-bond acceptors (Lipinski definition) is 4. The van der Waals surface area contributed by atoms with Crippen LogP contribution in [0.15, 0.2) is 18.3 Å². The summed E-state index contributed by atoms with van der Waals surface area (Å²) < 4.78 is 0. The average Bonchev–Trinajstić information content (AvgIpc) is 2.42. The van der Waals surface area contributed by atoms with Crippen molar-refractivity contribution in [3.8, 4) is 0 Å². The van der Waals surface area contributed by atoms with E-state index < -0.39 is 0 Å². The fourth-order valence-electron chi connectivity index (χ4n) is 1.79. The van der Waals surface area contributed by atoms with Crippen molar-refractivity contribution in [2.75, 3.05) is 50.5 Å². The van der Waals surface area contributed by atoms with Crippen LogP contribution in [0, 0.1) is 0 Å². The van der Waals surface area contributed by atoms with Gasteiger partial charge in [-0.3, -0.25) is 0 Å². The lowest BCUT2D eigenvalue weighted by atomic mass is 10.3. The van der Waals surface area contributed by atoms with Gasteiger partial charge in [0.25, 0.3) is 0 Å². The number of nitrogens with one attached hydrogen (secondary N) is 1. The Labute approximate surface area is 105 Å². The summed E-state index contributed by atoms with van der Waals surface area (Å²) in [7, 11) is 4.05. The van der Waals surface area contributed by atoms with Crippen molar-refractivity contribution in [2.24, 2.45) is 0 Å². The molecule has 96 valence electrons. The first kappa shape index (κ1) is 13.8. The van der Waals surface area contributed by atoms with Crippen LogP contribution in [0.4, 0.5) is 11.5 Å². The van der Waals surface area contributed by atoms with Crippen LogP contribution in [0.1, 0.15) is 13.8 Å². The summed E-state index contributed by atoms with van der Waals surface area (Å²) in [4.78, 5) is 9.06. The number of anilines is 2. The Hall–Kier alpha value is -1.29. The average molecular weight is 236 g/mol. The van der Waals surface area contributed by atoms with E-state index in [-0.39, 0.29) is 0 Å². The van der Waals surface area contributed by atoms with Crippen LogP contribution in [0.3, 0.4) is 0 Å². The zero-order valence-corrected chi connectivity index (χ0v) is 11.4. The molecule has 1 aliphatic heterocycles. The molecule has 0 bridgehead atoms. The van der Waals surface area contributed by atoms with Gasteiger partial charge in [0.05, 0.1) is 11.9 Å². The first-order valence-corrected chi connectivity index (χ1v) is 6.37. The number of rotatable bonds is 2. The van der Waals surface area contributed by atoms with E-state index in [4.69, 9.17) is 0 Å². The lowest BCUT2D eigenvalue weighted by Crippen LogP contribution is -2.44. The lowest BCUT2D eigenvalue weighted by molar-refractivity contribution is 0.313. The Kier molecular flexibility index (Phi) is 5.77. The Bertz CT molecular complexity index is 302. The number of likely N-dealkylation sites (N-methyl/N-ethyl adjacent to an activating group) is 1. The first-order valence-electron chi connectivity index (χ1n) is 6.37. The Morgan fingerprint density at radius 2 is 1.76 bits per heavy atom. The van der Waals surface area contributed by atoms with Gasteiger partial charge in [0.1, 0.15) is 5.82 Å². The van der Waals surface area contributed by atoms with E-state index in [2.05, 4.69) is 33.2 Å². The van der Waals surface area contributed by atoms with Crippen LogP contribution in [-0.4, -0.2) is 50.2 Å². The minimum Gasteiger partial charge on any atom is -0.373 e. The van der Waals surface area contributed by atoms with Crippen LogP contribution in [0.5, 0.6) is 0 Å². The van der Waals surface area contributed by atoms with Gasteiger partial charge in [-0.2, -0.15) is 0 Å². The van der Waals surface area contributed by atoms with Crippen molar-refractivity contribution < 1.29 is 0 Å². The van der Waals surface area contributed by atoms with Gasteiger partial charge < -0.3 is 15.1 Å². The molecule has 2 heterocycles. The topological polar surface area (TPSA) is 31.4 Å². The van der Waals surface area contributed by atoms with Gasteiger partial charge in [0.15, 0.2) is 0 Å². The molecule has 1 N–H and O–H groups in total. The second-order valence-electron chi connectivity index (χ2n) is 3.94. The summed E-state index contributed by atoms with van der Waals surface area (Å²) in [6.07, 6.45) is 1.94. The second kappa shape index (κ2) is 7.12. The molecular weight excluding hydrogens is 212 g/mol. The standard InChI is InChI=1S/C11H18N4.C2H6/c1-12-11-4-3-10(9-13-11)15-7-5-14(2)6-8-15;1-2/h3-4,9H,5-8H2,1-2H3,(H,12,13);1-2H3. The summed E-state index contributed by atoms with van der Waals surface area (Å²) in [6, 6.07) is 4.15. The third-order valence-corrected chi connectivity index (χ3v) is 2.87. The summed E-state index contributed by atoms with van der Waals surface area (Å²) in [5, 5.41) is 3.03. The van der Waals surface area contributed by atoms with Crippen LogP contribution in [0.2, 0.25) is 0 Å². The maximum Gasteiger partial charge on any atom is 0.125 e. The molecule has 0 aromatic carbocycles. The predicted octanol–water partition coefficient (Wildman–Crippen LogP) is 1.90. The maximum atomic E-state index is 4.33. The molecule has 2 rings (SSSR count). The maximum absolute atomic E-state index is 4.33. The van der Waals surface area contributed by atoms with E-state index in [9.17, 15) is 0 Å². The molecule has 0 spiro atoms. The predicted molar refractivity (Wildman–Crippen MR) is 74.8 cm³/mol. The highest BCUT2D eigenvalue weighted by atomic mass is 15.2. The van der Waals surface area contributed by atoms with E-state index in [0.717, 1.165) is 32.0 Å². The van der Waals surface area contributed by atoms with Crippen LogP contribution >= 0.6 is 0 Å². The van der Waals surface area contributed by atoms with Crippen molar-refractivity contribution in [3.63, 3.8) is 0 Å². The molecule has 0 aliphatic carbocycles. The van der Waals surface area contributed by atoms with Gasteiger partial charge in [-0.25, -0.2) is 4.98 Å². The quantitative estimate of drug-likeness (QED) is 0.850. The summed E-state index contributed by atoms with van der Waals surface area (Å²) >= 11 is 0. The van der Waals surface area contributed by atoms with Gasteiger partial charge in [-0.1, -0.05) is 13.8 Å². The fourth-order valence-corrected chi connectivity index (χ4v) is 1.79. The third kappa shape index (κ3) is 3.89. The Balaban J connectivity index is 0.000000686. The van der Waals surface area contributed by atoms with E-state index in [1.165, 1.54) is 5.69 Å². The van der Waals surface area contributed by atoms with Crippen molar-refractivity contribution in [3.05, 3.63) is 18.3 Å². The molecule has 0 atom stereocenters. The van der Waals surface area contributed by atoms with E-state index in [1.807, 2.05) is 33.2 Å². The highest BCUT2D eigenvalue weighted by Crippen LogP contribution is 2.16. The molecule has 1 aromatic heterocycles. The largest absolute Gasteiger partial charge is 0.373 e. The van der Waals surface area contributed by atoms with Crippen LogP contribution in [-0.2, 0) is 0 Å². The summed E-state index contributed by atoms with van der Waals surface area (Å²) in [6.45, 7) is 8.45. The zero-order chi connectivity index (χ0) is 12.7. The molecular formula is C13H24N4.